The van der Waals surface area contributed by atoms with Crippen molar-refractivity contribution in [3.63, 3.8) is 0 Å². The van der Waals surface area contributed by atoms with E-state index < -0.39 is 10.0 Å². The van der Waals surface area contributed by atoms with Gasteiger partial charge in [0.05, 0.1) is 22.2 Å². The Kier molecular flexibility index (Phi) is 2.75. The molecule has 0 aliphatic carbocycles. The maximum absolute atomic E-state index is 11.8. The van der Waals surface area contributed by atoms with Gasteiger partial charge in [0.15, 0.2) is 0 Å². The number of nitrogen functional groups attached to an aromatic ring is 1. The van der Waals surface area contributed by atoms with Crippen LogP contribution in [-0.2, 0) is 10.0 Å². The molecule has 1 aliphatic heterocycles. The number of hydrogen-bond donors (Lipinski definition) is 1. The SMILES string of the molecule is Cc1cc(N)c(Cl)cc1N1CCCS1(=O)=O. The van der Waals surface area contributed by atoms with E-state index in [1.807, 2.05) is 6.92 Å². The van der Waals surface area contributed by atoms with Crippen molar-refractivity contribution in [2.45, 2.75) is 13.3 Å². The third kappa shape index (κ3) is 1.85. The topological polar surface area (TPSA) is 63.4 Å². The van der Waals surface area contributed by atoms with Crippen molar-refractivity contribution in [1.82, 2.24) is 0 Å². The van der Waals surface area contributed by atoms with Crippen molar-refractivity contribution in [1.29, 1.82) is 0 Å². The first-order chi connectivity index (χ1) is 7.42. The Bertz CT molecular complexity index is 528. The summed E-state index contributed by atoms with van der Waals surface area (Å²) >= 11 is 5.91. The summed E-state index contributed by atoms with van der Waals surface area (Å²) in [5.41, 5.74) is 7.59. The predicted molar refractivity (Wildman–Crippen MR) is 66.4 cm³/mol. The van der Waals surface area contributed by atoms with Crippen molar-refractivity contribution in [3.05, 3.63) is 22.7 Å². The predicted octanol–water partition coefficient (Wildman–Crippen LogP) is 1.77. The number of aryl methyl sites for hydroxylation is 1. The Labute approximate surface area is 100 Å². The van der Waals surface area contributed by atoms with E-state index in [2.05, 4.69) is 0 Å². The van der Waals surface area contributed by atoms with Gasteiger partial charge in [-0.2, -0.15) is 0 Å². The highest BCUT2D eigenvalue weighted by atomic mass is 35.5. The van der Waals surface area contributed by atoms with Crippen molar-refractivity contribution in [2.24, 2.45) is 0 Å². The number of halogens is 1. The van der Waals surface area contributed by atoms with E-state index in [9.17, 15) is 8.42 Å². The molecule has 16 heavy (non-hydrogen) atoms. The van der Waals surface area contributed by atoms with Crippen LogP contribution in [0.2, 0.25) is 5.02 Å². The molecule has 1 aromatic carbocycles. The Morgan fingerprint density at radius 1 is 1.44 bits per heavy atom. The second-order valence-electron chi connectivity index (χ2n) is 3.90. The molecule has 0 radical (unpaired) electrons. The van der Waals surface area contributed by atoms with Crippen LogP contribution in [0.1, 0.15) is 12.0 Å². The highest BCUT2D eigenvalue weighted by molar-refractivity contribution is 7.93. The van der Waals surface area contributed by atoms with Gasteiger partial charge in [-0.1, -0.05) is 11.6 Å². The standard InChI is InChI=1S/C10H13ClN2O2S/c1-7-5-9(12)8(11)6-10(7)13-3-2-4-16(13,14)15/h5-6H,2-4,12H2,1H3. The molecule has 0 saturated carbocycles. The van der Waals surface area contributed by atoms with E-state index in [4.69, 9.17) is 17.3 Å². The third-order valence-electron chi connectivity index (χ3n) is 2.68. The van der Waals surface area contributed by atoms with E-state index in [1.165, 1.54) is 4.31 Å². The van der Waals surface area contributed by atoms with E-state index in [-0.39, 0.29) is 5.75 Å². The molecule has 1 fully saturated rings. The fourth-order valence-electron chi connectivity index (χ4n) is 1.87. The zero-order valence-electron chi connectivity index (χ0n) is 8.90. The molecule has 0 spiro atoms. The molecule has 0 atom stereocenters. The summed E-state index contributed by atoms with van der Waals surface area (Å²) in [7, 11) is -3.16. The Morgan fingerprint density at radius 2 is 2.12 bits per heavy atom. The molecular formula is C10H13ClN2O2S. The first-order valence-corrected chi connectivity index (χ1v) is 6.96. The van der Waals surface area contributed by atoms with Gasteiger partial charge in [-0.25, -0.2) is 8.42 Å². The summed E-state index contributed by atoms with van der Waals surface area (Å²) in [5, 5.41) is 0.391. The van der Waals surface area contributed by atoms with Crippen LogP contribution in [0.5, 0.6) is 0 Å². The summed E-state index contributed by atoms with van der Waals surface area (Å²) in [4.78, 5) is 0. The van der Waals surface area contributed by atoms with Gasteiger partial charge >= 0.3 is 0 Å². The highest BCUT2D eigenvalue weighted by Crippen LogP contribution is 2.32. The van der Waals surface area contributed by atoms with Crippen LogP contribution >= 0.6 is 11.6 Å². The van der Waals surface area contributed by atoms with Gasteiger partial charge in [0.25, 0.3) is 0 Å². The van der Waals surface area contributed by atoms with Crippen LogP contribution in [0.25, 0.3) is 0 Å². The van der Waals surface area contributed by atoms with Gasteiger partial charge in [-0.15, -0.1) is 0 Å². The smallest absolute Gasteiger partial charge is 0.235 e. The van der Waals surface area contributed by atoms with Crippen LogP contribution in [0, 0.1) is 6.92 Å². The number of anilines is 2. The number of benzene rings is 1. The molecule has 1 heterocycles. The first kappa shape index (κ1) is 11.5. The fourth-order valence-corrected chi connectivity index (χ4v) is 3.65. The summed E-state index contributed by atoms with van der Waals surface area (Å²) < 4.78 is 24.9. The zero-order chi connectivity index (χ0) is 11.9. The molecule has 0 unspecified atom stereocenters. The van der Waals surface area contributed by atoms with E-state index in [1.54, 1.807) is 12.1 Å². The summed E-state index contributed by atoms with van der Waals surface area (Å²) in [6.07, 6.45) is 0.657. The molecule has 6 heteroatoms. The van der Waals surface area contributed by atoms with Gasteiger partial charge in [-0.05, 0) is 31.0 Å². The van der Waals surface area contributed by atoms with Crippen LogP contribution in [0.3, 0.4) is 0 Å². The third-order valence-corrected chi connectivity index (χ3v) is 4.87. The molecule has 1 aromatic rings. The molecular weight excluding hydrogens is 248 g/mol. The van der Waals surface area contributed by atoms with Crippen molar-refractivity contribution >= 4 is 33.0 Å². The minimum absolute atomic E-state index is 0.203. The molecule has 2 rings (SSSR count). The molecule has 0 aromatic heterocycles. The molecule has 2 N–H and O–H groups in total. The minimum Gasteiger partial charge on any atom is -0.398 e. The van der Waals surface area contributed by atoms with Gasteiger partial charge in [-0.3, -0.25) is 4.31 Å². The minimum atomic E-state index is -3.16. The summed E-state index contributed by atoms with van der Waals surface area (Å²) in [6, 6.07) is 3.32. The maximum atomic E-state index is 11.8. The molecule has 4 nitrogen and oxygen atoms in total. The van der Waals surface area contributed by atoms with Crippen LogP contribution in [0.4, 0.5) is 11.4 Å². The molecule has 88 valence electrons. The number of nitrogens with two attached hydrogens (primary N) is 1. The lowest BCUT2D eigenvalue weighted by Gasteiger charge is -2.20. The highest BCUT2D eigenvalue weighted by Gasteiger charge is 2.29. The molecule has 0 bridgehead atoms. The Hall–Kier alpha value is -0.940. The van der Waals surface area contributed by atoms with Crippen LogP contribution < -0.4 is 10.0 Å². The monoisotopic (exact) mass is 260 g/mol. The lowest BCUT2D eigenvalue weighted by Crippen LogP contribution is -2.25. The van der Waals surface area contributed by atoms with Gasteiger partial charge in [0, 0.05) is 6.54 Å². The average molecular weight is 261 g/mol. The molecule has 1 aliphatic rings. The fraction of sp³-hybridized carbons (Fsp3) is 0.400. The number of sulfonamides is 1. The van der Waals surface area contributed by atoms with Crippen LogP contribution in [-0.4, -0.2) is 20.7 Å². The number of hydrogen-bond acceptors (Lipinski definition) is 3. The van der Waals surface area contributed by atoms with E-state index in [0.29, 0.717) is 29.4 Å². The average Bonchev–Trinajstić information content (AvgIpc) is 2.52. The van der Waals surface area contributed by atoms with Crippen molar-refractivity contribution in [3.8, 4) is 0 Å². The van der Waals surface area contributed by atoms with Gasteiger partial charge < -0.3 is 5.73 Å². The first-order valence-electron chi connectivity index (χ1n) is 4.98. The number of rotatable bonds is 1. The Morgan fingerprint density at radius 3 is 2.69 bits per heavy atom. The second-order valence-corrected chi connectivity index (χ2v) is 6.32. The zero-order valence-corrected chi connectivity index (χ0v) is 10.5. The maximum Gasteiger partial charge on any atom is 0.235 e. The van der Waals surface area contributed by atoms with Crippen LogP contribution in [0.15, 0.2) is 12.1 Å². The lowest BCUT2D eigenvalue weighted by molar-refractivity contribution is 0.599. The number of nitrogens with zero attached hydrogens (tertiary/aromatic N) is 1. The van der Waals surface area contributed by atoms with E-state index in [0.717, 1.165) is 5.56 Å². The summed E-state index contributed by atoms with van der Waals surface area (Å²) in [6.45, 7) is 2.35. The van der Waals surface area contributed by atoms with E-state index >= 15 is 0 Å². The molecule has 1 saturated heterocycles. The van der Waals surface area contributed by atoms with Gasteiger partial charge in [0.1, 0.15) is 0 Å². The lowest BCUT2D eigenvalue weighted by atomic mass is 10.2. The van der Waals surface area contributed by atoms with Crippen molar-refractivity contribution < 1.29 is 8.42 Å². The van der Waals surface area contributed by atoms with Gasteiger partial charge in [0.2, 0.25) is 10.0 Å². The molecule has 0 amide bonds. The normalized spacial score (nSPS) is 19.0. The Balaban J connectivity index is 2.53. The quantitative estimate of drug-likeness (QED) is 0.783. The largest absolute Gasteiger partial charge is 0.398 e. The van der Waals surface area contributed by atoms with Crippen molar-refractivity contribution in [2.75, 3.05) is 22.3 Å². The summed E-state index contributed by atoms with van der Waals surface area (Å²) in [5.74, 6) is 0.203. The second kappa shape index (κ2) is 3.82.